The zero-order chi connectivity index (χ0) is 16.4. The van der Waals surface area contributed by atoms with E-state index in [1.165, 1.54) is 19.5 Å². The summed E-state index contributed by atoms with van der Waals surface area (Å²) in [6.07, 6.45) is 1.78. The molecule has 2 heterocycles. The van der Waals surface area contributed by atoms with Crippen molar-refractivity contribution >= 4 is 40.7 Å². The van der Waals surface area contributed by atoms with E-state index in [4.69, 9.17) is 11.5 Å². The number of imidazole rings is 1. The van der Waals surface area contributed by atoms with Crippen LogP contribution in [0.5, 0.6) is 0 Å². The molecule has 118 valence electrons. The molecule has 6 N–H and O–H groups in total. The molecule has 22 heavy (non-hydrogen) atoms. The Morgan fingerprint density at radius 3 is 2.73 bits per heavy atom. The second-order valence-electron chi connectivity index (χ2n) is 4.42. The van der Waals surface area contributed by atoms with Gasteiger partial charge in [-0.3, -0.25) is 9.59 Å². The van der Waals surface area contributed by atoms with Crippen molar-refractivity contribution in [3.63, 3.8) is 0 Å². The number of aromatic nitrogens is 4. The van der Waals surface area contributed by atoms with Crippen LogP contribution in [0, 0.1) is 0 Å². The second-order valence-corrected chi connectivity index (χ2v) is 5.15. The van der Waals surface area contributed by atoms with Gasteiger partial charge in [-0.15, -0.1) is 0 Å². The quantitative estimate of drug-likeness (QED) is 0.510. The van der Waals surface area contributed by atoms with E-state index in [0.29, 0.717) is 5.52 Å². The third-order valence-electron chi connectivity index (χ3n) is 2.88. The van der Waals surface area contributed by atoms with E-state index in [9.17, 15) is 14.7 Å². The van der Waals surface area contributed by atoms with Gasteiger partial charge in [-0.2, -0.15) is 0 Å². The third-order valence-corrected chi connectivity index (χ3v) is 3.59. The number of nitrogens with two attached hydrogens (primary N) is 2. The van der Waals surface area contributed by atoms with Crippen molar-refractivity contribution in [1.29, 1.82) is 0 Å². The number of nitrogens with zero attached hydrogens (tertiary/aromatic N) is 4. The van der Waals surface area contributed by atoms with Gasteiger partial charge in [0.05, 0.1) is 12.4 Å². The Balaban J connectivity index is 2.36. The largest absolute Gasteiger partial charge is 0.391 e. The van der Waals surface area contributed by atoms with E-state index < -0.39 is 24.0 Å². The maximum atomic E-state index is 12.4. The summed E-state index contributed by atoms with van der Waals surface area (Å²) < 4.78 is 0.782. The van der Waals surface area contributed by atoms with Crippen LogP contribution in [0.2, 0.25) is 0 Å². The first kappa shape index (κ1) is 16.1. The molecule has 0 bridgehead atoms. The van der Waals surface area contributed by atoms with E-state index in [0.717, 1.165) is 16.3 Å². The summed E-state index contributed by atoms with van der Waals surface area (Å²) in [5.74, 6) is -1.78. The molecular formula is C11H15N7O3S. The number of rotatable bonds is 4. The lowest BCUT2D eigenvalue weighted by atomic mass is 10.2. The number of aliphatic hydroxyl groups excluding tert-OH is 1. The van der Waals surface area contributed by atoms with Gasteiger partial charge < -0.3 is 21.6 Å². The molecule has 0 radical (unpaired) electrons. The third kappa shape index (κ3) is 2.86. The molecule has 2 aromatic rings. The Morgan fingerprint density at radius 1 is 1.45 bits per heavy atom. The lowest BCUT2D eigenvalue weighted by molar-refractivity contribution is -0.127. The Kier molecular flexibility index (Phi) is 4.59. The molecular weight excluding hydrogens is 310 g/mol. The smallest absolute Gasteiger partial charge is 0.308 e. The van der Waals surface area contributed by atoms with Gasteiger partial charge in [0.25, 0.3) is 5.91 Å². The fourth-order valence-electron chi connectivity index (χ4n) is 1.66. The van der Waals surface area contributed by atoms with Crippen LogP contribution in [0.25, 0.3) is 11.2 Å². The van der Waals surface area contributed by atoms with Gasteiger partial charge in [0.15, 0.2) is 11.5 Å². The van der Waals surface area contributed by atoms with Gasteiger partial charge in [0, 0.05) is 6.26 Å². The molecule has 0 fully saturated rings. The highest BCUT2D eigenvalue weighted by atomic mass is 32.2. The fraction of sp³-hybridized carbons (Fsp3) is 0.364. The highest BCUT2D eigenvalue weighted by molar-refractivity contribution is 7.97. The number of anilines is 1. The number of carbonyl (C=O) groups excluding carboxylic acids is 2. The van der Waals surface area contributed by atoms with E-state index in [-0.39, 0.29) is 17.3 Å². The van der Waals surface area contributed by atoms with Crippen molar-refractivity contribution in [2.45, 2.75) is 19.1 Å². The molecule has 0 saturated carbocycles. The van der Waals surface area contributed by atoms with Crippen LogP contribution in [0.3, 0.4) is 0 Å². The normalized spacial score (nSPS) is 13.8. The lowest BCUT2D eigenvalue weighted by Gasteiger charge is -2.22. The number of nitrogens with one attached hydrogen (secondary N) is 1. The van der Waals surface area contributed by atoms with Crippen LogP contribution in [0.15, 0.2) is 6.33 Å². The molecule has 0 aliphatic carbocycles. The van der Waals surface area contributed by atoms with E-state index in [1.54, 1.807) is 0 Å². The Hall–Kier alpha value is -2.24. The van der Waals surface area contributed by atoms with E-state index in [2.05, 4.69) is 19.9 Å². The summed E-state index contributed by atoms with van der Waals surface area (Å²) >= 11 is 0.834. The van der Waals surface area contributed by atoms with Crippen LogP contribution in [-0.2, 0) is 4.79 Å². The van der Waals surface area contributed by atoms with Crippen molar-refractivity contribution in [1.82, 2.24) is 24.2 Å². The van der Waals surface area contributed by atoms with Crippen molar-refractivity contribution in [2.75, 3.05) is 12.0 Å². The summed E-state index contributed by atoms with van der Waals surface area (Å²) in [5, 5.41) is 9.39. The Bertz CT molecular complexity index is 717. The highest BCUT2D eigenvalue weighted by Crippen LogP contribution is 2.17. The Morgan fingerprint density at radius 2 is 2.14 bits per heavy atom. The molecule has 2 rings (SSSR count). The van der Waals surface area contributed by atoms with Crippen LogP contribution in [0.1, 0.15) is 17.5 Å². The van der Waals surface area contributed by atoms with Gasteiger partial charge >= 0.3 is 5.91 Å². The molecule has 0 aromatic carbocycles. The minimum absolute atomic E-state index is 0.0409. The molecule has 10 nitrogen and oxygen atoms in total. The first-order valence-electron chi connectivity index (χ1n) is 6.19. The van der Waals surface area contributed by atoms with E-state index in [1.807, 2.05) is 0 Å². The number of imide groups is 1. The van der Waals surface area contributed by atoms with Crippen molar-refractivity contribution < 1.29 is 14.7 Å². The summed E-state index contributed by atoms with van der Waals surface area (Å²) in [6, 6.07) is -1.23. The zero-order valence-electron chi connectivity index (χ0n) is 11.8. The summed E-state index contributed by atoms with van der Waals surface area (Å²) in [6.45, 7) is 1.36. The number of carbonyl (C=O) groups is 2. The van der Waals surface area contributed by atoms with Gasteiger partial charge in [0.1, 0.15) is 11.6 Å². The average Bonchev–Trinajstić information content (AvgIpc) is 2.95. The van der Waals surface area contributed by atoms with Crippen molar-refractivity contribution in [2.24, 2.45) is 5.73 Å². The van der Waals surface area contributed by atoms with Crippen LogP contribution in [-0.4, -0.2) is 59.6 Å². The minimum Gasteiger partial charge on any atom is -0.391 e. The number of hydrogen-bond acceptors (Lipinski definition) is 9. The predicted molar refractivity (Wildman–Crippen MR) is 80.4 cm³/mol. The molecule has 0 aliphatic heterocycles. The number of amides is 2. The molecule has 2 atom stereocenters. The van der Waals surface area contributed by atoms with Gasteiger partial charge in [-0.1, -0.05) is 0 Å². The molecule has 2 aromatic heterocycles. The topological polar surface area (TPSA) is 164 Å². The lowest BCUT2D eigenvalue weighted by Crippen LogP contribution is -2.48. The minimum atomic E-state index is -1.23. The van der Waals surface area contributed by atoms with Crippen molar-refractivity contribution in [3.8, 4) is 0 Å². The predicted octanol–water partition coefficient (Wildman–Crippen LogP) is -1.11. The highest BCUT2D eigenvalue weighted by Gasteiger charge is 2.31. The standard InChI is InChI=1S/C11H15N7O3S/c1-4(19)5(12)10(20)18(22-2)11(21)9-16-7(13)6-8(17-9)15-3-14-6/h3-5,19H,12H2,1-2H3,(H3,13,14,15,16,17)/t4-,5+/m1/s1. The number of nitrogen functional groups attached to an aromatic ring is 1. The number of fused-ring (bicyclic) bond motifs is 1. The number of hydrogen-bond donors (Lipinski definition) is 4. The zero-order valence-corrected chi connectivity index (χ0v) is 12.7. The molecule has 11 heteroatoms. The van der Waals surface area contributed by atoms with Gasteiger partial charge in [0.2, 0.25) is 5.82 Å². The first-order chi connectivity index (χ1) is 10.4. The second kappa shape index (κ2) is 6.25. The summed E-state index contributed by atoms with van der Waals surface area (Å²) in [5.41, 5.74) is 11.9. The maximum absolute atomic E-state index is 12.4. The summed E-state index contributed by atoms with van der Waals surface area (Å²) in [4.78, 5) is 39.0. The summed E-state index contributed by atoms with van der Waals surface area (Å²) in [7, 11) is 0. The Labute approximate surface area is 129 Å². The fourth-order valence-corrected chi connectivity index (χ4v) is 2.21. The molecule has 0 aliphatic rings. The number of aliphatic hydroxyl groups is 1. The van der Waals surface area contributed by atoms with Crippen LogP contribution in [0.4, 0.5) is 5.82 Å². The molecule has 0 saturated heterocycles. The first-order valence-corrected chi connectivity index (χ1v) is 7.37. The van der Waals surface area contributed by atoms with Crippen molar-refractivity contribution in [3.05, 3.63) is 12.2 Å². The van der Waals surface area contributed by atoms with Gasteiger partial charge in [-0.05, 0) is 18.9 Å². The monoisotopic (exact) mass is 325 g/mol. The van der Waals surface area contributed by atoms with Gasteiger partial charge in [-0.25, -0.2) is 19.3 Å². The SMILES string of the molecule is CSN(C(=O)c1nc(N)c2[nH]cnc2n1)C(=O)[C@@H](N)[C@@H](C)O. The maximum Gasteiger partial charge on any atom is 0.308 e. The van der Waals surface area contributed by atoms with Crippen LogP contribution >= 0.6 is 11.9 Å². The average molecular weight is 325 g/mol. The van der Waals surface area contributed by atoms with Crippen LogP contribution < -0.4 is 11.5 Å². The molecule has 2 amide bonds. The number of H-pyrrole nitrogens is 1. The molecule has 0 spiro atoms. The molecule has 0 unspecified atom stereocenters. The van der Waals surface area contributed by atoms with E-state index >= 15 is 0 Å². The number of aromatic amines is 1.